The van der Waals surface area contributed by atoms with Crippen molar-refractivity contribution < 1.29 is 14.3 Å². The summed E-state index contributed by atoms with van der Waals surface area (Å²) in [4.78, 5) is 31.5. The number of piperazine rings is 1. The highest BCUT2D eigenvalue weighted by molar-refractivity contribution is 6.00. The van der Waals surface area contributed by atoms with E-state index < -0.39 is 0 Å². The van der Waals surface area contributed by atoms with Crippen molar-refractivity contribution in [3.8, 4) is 5.75 Å². The van der Waals surface area contributed by atoms with Crippen molar-refractivity contribution in [1.82, 2.24) is 4.90 Å². The van der Waals surface area contributed by atoms with E-state index in [2.05, 4.69) is 30.0 Å². The van der Waals surface area contributed by atoms with Gasteiger partial charge in [-0.25, -0.2) is 0 Å². The van der Waals surface area contributed by atoms with Crippen LogP contribution in [-0.4, -0.2) is 56.5 Å². The zero-order chi connectivity index (χ0) is 20.4. The molecule has 2 heterocycles. The molecule has 2 aromatic rings. The fraction of sp³-hybridized carbons (Fsp3) is 0.391. The van der Waals surface area contributed by atoms with Gasteiger partial charge in [0.2, 0.25) is 11.8 Å². The molecule has 2 fully saturated rings. The topological polar surface area (TPSA) is 53.1 Å². The number of methoxy groups -OCH3 is 1. The van der Waals surface area contributed by atoms with E-state index in [1.165, 1.54) is 11.3 Å². The van der Waals surface area contributed by atoms with Crippen LogP contribution in [-0.2, 0) is 9.59 Å². The van der Waals surface area contributed by atoms with Crippen molar-refractivity contribution in [2.75, 3.05) is 49.6 Å². The second-order valence-electron chi connectivity index (χ2n) is 7.70. The lowest BCUT2D eigenvalue weighted by molar-refractivity contribution is -0.136. The zero-order valence-electron chi connectivity index (χ0n) is 17.0. The summed E-state index contributed by atoms with van der Waals surface area (Å²) in [7, 11) is 1.61. The highest BCUT2D eigenvalue weighted by Crippen LogP contribution is 2.28. The summed E-state index contributed by atoms with van der Waals surface area (Å²) in [5, 5.41) is 0. The minimum atomic E-state index is -0.269. The number of nitrogens with zero attached hydrogens (tertiary/aromatic N) is 3. The monoisotopic (exact) mass is 393 g/mol. The van der Waals surface area contributed by atoms with Crippen LogP contribution in [0.15, 0.2) is 48.5 Å². The molecule has 6 nitrogen and oxygen atoms in total. The van der Waals surface area contributed by atoms with Crippen LogP contribution in [0.4, 0.5) is 11.4 Å². The van der Waals surface area contributed by atoms with Crippen molar-refractivity contribution in [1.29, 1.82) is 0 Å². The lowest BCUT2D eigenvalue weighted by Crippen LogP contribution is -2.50. The van der Waals surface area contributed by atoms with Crippen LogP contribution in [0.25, 0.3) is 0 Å². The Hall–Kier alpha value is -3.02. The summed E-state index contributed by atoms with van der Waals surface area (Å²) < 4.78 is 5.18. The van der Waals surface area contributed by atoms with Gasteiger partial charge < -0.3 is 19.4 Å². The Bertz CT molecular complexity index is 888. The molecule has 6 heteroatoms. The highest BCUT2D eigenvalue weighted by Gasteiger charge is 2.38. The third kappa shape index (κ3) is 3.92. The van der Waals surface area contributed by atoms with E-state index >= 15 is 0 Å². The van der Waals surface area contributed by atoms with Gasteiger partial charge in [-0.1, -0.05) is 18.2 Å². The van der Waals surface area contributed by atoms with Crippen molar-refractivity contribution in [2.24, 2.45) is 5.92 Å². The lowest BCUT2D eigenvalue weighted by Gasteiger charge is -2.37. The van der Waals surface area contributed by atoms with Crippen molar-refractivity contribution >= 4 is 23.2 Å². The van der Waals surface area contributed by atoms with E-state index in [0.29, 0.717) is 19.6 Å². The Morgan fingerprint density at radius 2 is 1.69 bits per heavy atom. The van der Waals surface area contributed by atoms with Crippen LogP contribution in [0.3, 0.4) is 0 Å². The molecule has 0 aromatic heterocycles. The summed E-state index contributed by atoms with van der Waals surface area (Å²) in [5.41, 5.74) is 3.31. The van der Waals surface area contributed by atoms with Crippen molar-refractivity contribution in [3.63, 3.8) is 0 Å². The van der Waals surface area contributed by atoms with Gasteiger partial charge in [-0.05, 0) is 42.8 Å². The fourth-order valence-electron chi connectivity index (χ4n) is 4.23. The first-order chi connectivity index (χ1) is 14.1. The van der Waals surface area contributed by atoms with Crippen LogP contribution in [0.1, 0.15) is 12.0 Å². The van der Waals surface area contributed by atoms with Gasteiger partial charge in [0.1, 0.15) is 5.75 Å². The first kappa shape index (κ1) is 19.3. The molecule has 0 unspecified atom stereocenters. The maximum atomic E-state index is 13.0. The molecule has 0 saturated carbocycles. The van der Waals surface area contributed by atoms with Crippen molar-refractivity contribution in [2.45, 2.75) is 13.3 Å². The van der Waals surface area contributed by atoms with E-state index in [4.69, 9.17) is 4.74 Å². The molecule has 2 saturated heterocycles. The molecule has 0 N–H and O–H groups in total. The van der Waals surface area contributed by atoms with Gasteiger partial charge >= 0.3 is 0 Å². The second kappa shape index (κ2) is 8.15. The summed E-state index contributed by atoms with van der Waals surface area (Å²) in [6.07, 6.45) is 0.281. The number of anilines is 2. The van der Waals surface area contributed by atoms with Gasteiger partial charge in [-0.2, -0.15) is 0 Å². The summed E-state index contributed by atoms with van der Waals surface area (Å²) in [6, 6.07) is 15.8. The molecule has 0 spiro atoms. The molecule has 0 aliphatic carbocycles. The van der Waals surface area contributed by atoms with Crippen LogP contribution in [0.5, 0.6) is 5.75 Å². The predicted octanol–water partition coefficient (Wildman–Crippen LogP) is 2.71. The molecule has 4 rings (SSSR count). The molecule has 152 valence electrons. The Kier molecular flexibility index (Phi) is 5.43. The van der Waals surface area contributed by atoms with Gasteiger partial charge in [0, 0.05) is 50.5 Å². The van der Waals surface area contributed by atoms with Gasteiger partial charge in [-0.15, -0.1) is 0 Å². The maximum absolute atomic E-state index is 13.0. The number of rotatable bonds is 4. The second-order valence-corrected chi connectivity index (χ2v) is 7.70. The average Bonchev–Trinajstić information content (AvgIpc) is 3.15. The highest BCUT2D eigenvalue weighted by atomic mass is 16.5. The molecule has 1 atom stereocenters. The van der Waals surface area contributed by atoms with Crippen LogP contribution < -0.4 is 14.5 Å². The molecule has 2 aliphatic heterocycles. The number of para-hydroxylation sites is 1. The molecular weight excluding hydrogens is 366 g/mol. The van der Waals surface area contributed by atoms with Gasteiger partial charge in [0.05, 0.1) is 13.0 Å². The number of carbonyl (C=O) groups is 2. The summed E-state index contributed by atoms with van der Waals surface area (Å²) in [5.74, 6) is 0.583. The number of hydrogen-bond donors (Lipinski definition) is 0. The lowest BCUT2D eigenvalue weighted by atomic mass is 10.1. The van der Waals surface area contributed by atoms with E-state index in [0.717, 1.165) is 24.5 Å². The fourth-order valence-corrected chi connectivity index (χ4v) is 4.23. The van der Waals surface area contributed by atoms with Crippen LogP contribution in [0, 0.1) is 12.8 Å². The molecule has 2 aromatic carbocycles. The van der Waals surface area contributed by atoms with E-state index in [1.807, 2.05) is 35.2 Å². The van der Waals surface area contributed by atoms with E-state index in [-0.39, 0.29) is 24.2 Å². The van der Waals surface area contributed by atoms with Crippen LogP contribution in [0.2, 0.25) is 0 Å². The number of benzene rings is 2. The standard InChI is InChI=1S/C23H27N3O3/c1-17-5-3-4-6-21(17)24-11-13-25(14-12-24)23(28)18-15-22(27)26(16-18)19-7-9-20(29-2)10-8-19/h3-10,18H,11-16H2,1-2H3/t18-/m0/s1. The minimum Gasteiger partial charge on any atom is -0.497 e. The SMILES string of the molecule is COc1ccc(N2C[C@@H](C(=O)N3CCN(c4ccccc4C)CC3)CC2=O)cc1. The van der Waals surface area contributed by atoms with Crippen molar-refractivity contribution in [3.05, 3.63) is 54.1 Å². The zero-order valence-corrected chi connectivity index (χ0v) is 17.0. The molecule has 2 amide bonds. The first-order valence-corrected chi connectivity index (χ1v) is 10.1. The minimum absolute atomic E-state index is 0.00654. The van der Waals surface area contributed by atoms with Gasteiger partial charge in [0.15, 0.2) is 0 Å². The number of ether oxygens (including phenoxy) is 1. The molecule has 0 radical (unpaired) electrons. The Labute approximate surface area is 171 Å². The third-order valence-corrected chi connectivity index (χ3v) is 5.91. The average molecular weight is 393 g/mol. The van der Waals surface area contributed by atoms with Gasteiger partial charge in [-0.3, -0.25) is 9.59 Å². The summed E-state index contributed by atoms with van der Waals surface area (Å²) in [6.45, 7) is 5.59. The Morgan fingerprint density at radius 3 is 2.34 bits per heavy atom. The number of amides is 2. The smallest absolute Gasteiger partial charge is 0.228 e. The third-order valence-electron chi connectivity index (χ3n) is 5.91. The molecule has 2 aliphatic rings. The molecule has 29 heavy (non-hydrogen) atoms. The normalized spacial score (nSPS) is 19.6. The first-order valence-electron chi connectivity index (χ1n) is 10.1. The Balaban J connectivity index is 1.37. The summed E-state index contributed by atoms with van der Waals surface area (Å²) >= 11 is 0. The Morgan fingerprint density at radius 1 is 1.00 bits per heavy atom. The quantitative estimate of drug-likeness (QED) is 0.802. The van der Waals surface area contributed by atoms with E-state index in [9.17, 15) is 9.59 Å². The number of aryl methyl sites for hydroxylation is 1. The van der Waals surface area contributed by atoms with E-state index in [1.54, 1.807) is 12.0 Å². The largest absolute Gasteiger partial charge is 0.497 e. The maximum Gasteiger partial charge on any atom is 0.228 e. The predicted molar refractivity (Wildman–Crippen MR) is 113 cm³/mol. The number of carbonyl (C=O) groups excluding carboxylic acids is 2. The molecule has 0 bridgehead atoms. The number of hydrogen-bond acceptors (Lipinski definition) is 4. The van der Waals surface area contributed by atoms with Gasteiger partial charge in [0.25, 0.3) is 0 Å². The molecular formula is C23H27N3O3. The van der Waals surface area contributed by atoms with Crippen LogP contribution >= 0.6 is 0 Å².